The van der Waals surface area contributed by atoms with Gasteiger partial charge in [0.05, 0.1) is 5.69 Å². The number of likely N-dealkylation sites (N-methyl/N-ethyl adjacent to an activating group) is 1. The van der Waals surface area contributed by atoms with Gasteiger partial charge in [-0.2, -0.15) is 5.10 Å². The first-order valence-electron chi connectivity index (χ1n) is 5.72. The van der Waals surface area contributed by atoms with Crippen LogP contribution >= 0.6 is 0 Å². The molecule has 1 aliphatic rings. The topological polar surface area (TPSA) is 33.1 Å². The summed E-state index contributed by atoms with van der Waals surface area (Å²) in [5.74, 6) is 0. The van der Waals surface area contributed by atoms with Crippen molar-refractivity contribution < 1.29 is 0 Å². The molecular formula is C11H20N4. The van der Waals surface area contributed by atoms with Gasteiger partial charge in [-0.15, -0.1) is 0 Å². The van der Waals surface area contributed by atoms with Crippen LogP contribution in [-0.2, 0) is 13.6 Å². The molecule has 1 fully saturated rings. The molecule has 15 heavy (non-hydrogen) atoms. The Balaban J connectivity index is 1.85. The third-order valence-electron chi connectivity index (χ3n) is 3.07. The number of rotatable bonds is 4. The van der Waals surface area contributed by atoms with Gasteiger partial charge in [0.25, 0.3) is 0 Å². The molecule has 4 nitrogen and oxygen atoms in total. The number of aromatic nitrogens is 2. The van der Waals surface area contributed by atoms with Crippen LogP contribution in [-0.4, -0.2) is 40.4 Å². The number of nitrogens with one attached hydrogen (secondary N) is 1. The number of hydrogen-bond donors (Lipinski definition) is 1. The molecule has 0 aromatic carbocycles. The highest BCUT2D eigenvalue weighted by molar-refractivity contribution is 5.00. The molecule has 2 heterocycles. The number of aryl methyl sites for hydroxylation is 1. The molecule has 1 aliphatic heterocycles. The fourth-order valence-electron chi connectivity index (χ4n) is 2.22. The van der Waals surface area contributed by atoms with Crippen LogP contribution in [0, 0.1) is 0 Å². The Kier molecular flexibility index (Phi) is 3.38. The molecule has 1 aromatic rings. The minimum Gasteiger partial charge on any atom is -0.313 e. The first-order valence-corrected chi connectivity index (χ1v) is 5.72. The van der Waals surface area contributed by atoms with Crippen molar-refractivity contribution in [1.29, 1.82) is 0 Å². The van der Waals surface area contributed by atoms with Crippen molar-refractivity contribution in [3.05, 3.63) is 18.0 Å². The second-order valence-corrected chi connectivity index (χ2v) is 4.22. The average molecular weight is 208 g/mol. The van der Waals surface area contributed by atoms with E-state index in [2.05, 4.69) is 28.3 Å². The van der Waals surface area contributed by atoms with Gasteiger partial charge in [-0.1, -0.05) is 6.92 Å². The zero-order valence-corrected chi connectivity index (χ0v) is 9.61. The predicted octanol–water partition coefficient (Wildman–Crippen LogP) is 0.604. The molecule has 0 amide bonds. The Hall–Kier alpha value is -0.870. The molecule has 1 N–H and O–H groups in total. The van der Waals surface area contributed by atoms with E-state index in [1.807, 2.05) is 17.9 Å². The molecule has 0 radical (unpaired) electrons. The van der Waals surface area contributed by atoms with Crippen molar-refractivity contribution in [2.45, 2.75) is 25.9 Å². The first kappa shape index (κ1) is 10.6. The molecule has 1 saturated heterocycles. The van der Waals surface area contributed by atoms with E-state index < -0.39 is 0 Å². The predicted molar refractivity (Wildman–Crippen MR) is 60.6 cm³/mol. The van der Waals surface area contributed by atoms with Gasteiger partial charge in [-0.3, -0.25) is 9.58 Å². The number of nitrogens with zero attached hydrogens (tertiary/aromatic N) is 3. The second kappa shape index (κ2) is 4.77. The number of hydrogen-bond acceptors (Lipinski definition) is 3. The largest absolute Gasteiger partial charge is 0.313 e. The first-order chi connectivity index (χ1) is 7.29. The molecule has 1 atom stereocenters. The molecular weight excluding hydrogens is 188 g/mol. The van der Waals surface area contributed by atoms with Crippen LogP contribution in [0.1, 0.15) is 19.0 Å². The lowest BCUT2D eigenvalue weighted by Crippen LogP contribution is -2.32. The van der Waals surface area contributed by atoms with Gasteiger partial charge in [0, 0.05) is 38.9 Å². The standard InChI is InChI=1S/C11H20N4/c1-3-12-10-5-7-15(8-10)9-11-4-6-13-14(11)2/h4,6,10,12H,3,5,7-9H2,1-2H3. The second-order valence-electron chi connectivity index (χ2n) is 4.22. The summed E-state index contributed by atoms with van der Waals surface area (Å²) in [5, 5.41) is 7.69. The lowest BCUT2D eigenvalue weighted by molar-refractivity contribution is 0.311. The fraction of sp³-hybridized carbons (Fsp3) is 0.727. The van der Waals surface area contributed by atoms with E-state index in [1.165, 1.54) is 25.2 Å². The monoisotopic (exact) mass is 208 g/mol. The summed E-state index contributed by atoms with van der Waals surface area (Å²) in [7, 11) is 2.01. The maximum absolute atomic E-state index is 4.19. The highest BCUT2D eigenvalue weighted by Crippen LogP contribution is 2.12. The van der Waals surface area contributed by atoms with Gasteiger partial charge in [0.15, 0.2) is 0 Å². The summed E-state index contributed by atoms with van der Waals surface area (Å²) < 4.78 is 1.96. The van der Waals surface area contributed by atoms with Crippen molar-refractivity contribution in [3.8, 4) is 0 Å². The third kappa shape index (κ3) is 2.58. The minimum absolute atomic E-state index is 0.684. The Morgan fingerprint density at radius 3 is 3.13 bits per heavy atom. The quantitative estimate of drug-likeness (QED) is 0.787. The van der Waals surface area contributed by atoms with Gasteiger partial charge in [0.2, 0.25) is 0 Å². The Morgan fingerprint density at radius 1 is 1.60 bits per heavy atom. The van der Waals surface area contributed by atoms with Crippen LogP contribution in [0.15, 0.2) is 12.3 Å². The van der Waals surface area contributed by atoms with Crippen LogP contribution < -0.4 is 5.32 Å². The van der Waals surface area contributed by atoms with E-state index in [4.69, 9.17) is 0 Å². The summed E-state index contributed by atoms with van der Waals surface area (Å²) in [4.78, 5) is 2.49. The lowest BCUT2D eigenvalue weighted by atomic mass is 10.3. The SMILES string of the molecule is CCNC1CCN(Cc2ccnn2C)C1. The van der Waals surface area contributed by atoms with Crippen LogP contribution in [0.4, 0.5) is 0 Å². The molecule has 0 aliphatic carbocycles. The maximum atomic E-state index is 4.19. The van der Waals surface area contributed by atoms with Crippen LogP contribution in [0.2, 0.25) is 0 Å². The summed E-state index contributed by atoms with van der Waals surface area (Å²) in [5.41, 5.74) is 1.30. The van der Waals surface area contributed by atoms with Gasteiger partial charge >= 0.3 is 0 Å². The van der Waals surface area contributed by atoms with E-state index in [0.717, 1.165) is 13.1 Å². The summed E-state index contributed by atoms with van der Waals surface area (Å²) in [6, 6.07) is 2.78. The lowest BCUT2D eigenvalue weighted by Gasteiger charge is -2.16. The van der Waals surface area contributed by atoms with Gasteiger partial charge in [-0.05, 0) is 19.0 Å². The molecule has 0 bridgehead atoms. The van der Waals surface area contributed by atoms with Crippen LogP contribution in [0.25, 0.3) is 0 Å². The van der Waals surface area contributed by atoms with Crippen LogP contribution in [0.3, 0.4) is 0 Å². The molecule has 0 saturated carbocycles. The van der Waals surface area contributed by atoms with E-state index >= 15 is 0 Å². The molecule has 2 rings (SSSR count). The van der Waals surface area contributed by atoms with Crippen molar-refractivity contribution >= 4 is 0 Å². The van der Waals surface area contributed by atoms with E-state index in [9.17, 15) is 0 Å². The van der Waals surface area contributed by atoms with Gasteiger partial charge < -0.3 is 5.32 Å². The van der Waals surface area contributed by atoms with Gasteiger partial charge in [-0.25, -0.2) is 0 Å². The zero-order chi connectivity index (χ0) is 10.7. The molecule has 0 spiro atoms. The molecule has 84 valence electrons. The van der Waals surface area contributed by atoms with Crippen molar-refractivity contribution in [1.82, 2.24) is 20.0 Å². The minimum atomic E-state index is 0.684. The van der Waals surface area contributed by atoms with Gasteiger partial charge in [0.1, 0.15) is 0 Å². The summed E-state index contributed by atoms with van der Waals surface area (Å²) >= 11 is 0. The molecule has 4 heteroatoms. The summed E-state index contributed by atoms with van der Waals surface area (Å²) in [6.45, 7) is 6.63. The molecule has 1 unspecified atom stereocenters. The summed E-state index contributed by atoms with van der Waals surface area (Å²) in [6.07, 6.45) is 3.14. The average Bonchev–Trinajstić information content (AvgIpc) is 2.79. The van der Waals surface area contributed by atoms with E-state index in [1.54, 1.807) is 0 Å². The van der Waals surface area contributed by atoms with Crippen molar-refractivity contribution in [2.24, 2.45) is 7.05 Å². The Bertz CT molecular complexity index is 307. The van der Waals surface area contributed by atoms with E-state index in [0.29, 0.717) is 6.04 Å². The maximum Gasteiger partial charge on any atom is 0.0521 e. The smallest absolute Gasteiger partial charge is 0.0521 e. The third-order valence-corrected chi connectivity index (χ3v) is 3.07. The van der Waals surface area contributed by atoms with E-state index in [-0.39, 0.29) is 0 Å². The zero-order valence-electron chi connectivity index (χ0n) is 9.61. The Labute approximate surface area is 91.3 Å². The van der Waals surface area contributed by atoms with Crippen molar-refractivity contribution in [2.75, 3.05) is 19.6 Å². The highest BCUT2D eigenvalue weighted by atomic mass is 15.3. The Morgan fingerprint density at radius 2 is 2.47 bits per heavy atom. The highest BCUT2D eigenvalue weighted by Gasteiger charge is 2.21. The number of likely N-dealkylation sites (tertiary alicyclic amines) is 1. The fourth-order valence-corrected chi connectivity index (χ4v) is 2.22. The normalized spacial score (nSPS) is 22.4. The van der Waals surface area contributed by atoms with Crippen molar-refractivity contribution in [3.63, 3.8) is 0 Å². The van der Waals surface area contributed by atoms with Crippen LogP contribution in [0.5, 0.6) is 0 Å². The molecule has 1 aromatic heterocycles.